The molecule has 0 atom stereocenters. The standard InChI is InChI=1S/C24H22N2O6S/c1-30-20-12-15(13-21(31-2)24(20)32-3)23(27)17-14-26(18-9-5-4-8-16(17)18)19-10-6-7-11-22(19)33(25,28)29/h4-14H,1-3H3,(H2,25,28,29). The van der Waals surface area contributed by atoms with E-state index in [1.54, 1.807) is 53.2 Å². The maximum absolute atomic E-state index is 13.6. The number of carbonyl (C=O) groups excluding carboxylic acids is 1. The smallest absolute Gasteiger partial charge is 0.240 e. The summed E-state index contributed by atoms with van der Waals surface area (Å²) < 4.78 is 42.1. The molecule has 0 saturated heterocycles. The molecular formula is C24H22N2O6S. The van der Waals surface area contributed by atoms with Gasteiger partial charge in [0.05, 0.1) is 32.5 Å². The van der Waals surface area contributed by atoms with Gasteiger partial charge in [-0.05, 0) is 30.3 Å². The molecule has 9 heteroatoms. The number of ketones is 1. The molecule has 0 amide bonds. The average Bonchev–Trinajstić information content (AvgIpc) is 3.21. The highest BCUT2D eigenvalue weighted by molar-refractivity contribution is 7.89. The largest absolute Gasteiger partial charge is 0.493 e. The topological polar surface area (TPSA) is 110 Å². The van der Waals surface area contributed by atoms with Crippen LogP contribution in [0.5, 0.6) is 17.2 Å². The number of fused-ring (bicyclic) bond motifs is 1. The maximum Gasteiger partial charge on any atom is 0.240 e. The van der Waals surface area contributed by atoms with Crippen LogP contribution in [0, 0.1) is 0 Å². The predicted octanol–water partition coefficient (Wildman–Crippen LogP) is 3.53. The quantitative estimate of drug-likeness (QED) is 0.417. The lowest BCUT2D eigenvalue weighted by molar-refractivity contribution is 0.103. The molecule has 4 rings (SSSR count). The molecule has 0 spiro atoms. The Morgan fingerprint density at radius 3 is 2.09 bits per heavy atom. The predicted molar refractivity (Wildman–Crippen MR) is 124 cm³/mol. The molecule has 0 aliphatic rings. The van der Waals surface area contributed by atoms with Crippen molar-refractivity contribution < 1.29 is 27.4 Å². The Labute approximate surface area is 191 Å². The van der Waals surface area contributed by atoms with Crippen molar-refractivity contribution in [3.8, 4) is 22.9 Å². The summed E-state index contributed by atoms with van der Waals surface area (Å²) in [5.74, 6) is 0.783. The van der Waals surface area contributed by atoms with E-state index in [4.69, 9.17) is 19.3 Å². The minimum Gasteiger partial charge on any atom is -0.493 e. The SMILES string of the molecule is COc1cc(C(=O)c2cn(-c3ccccc3S(N)(=O)=O)c3ccccc23)cc(OC)c1OC. The number of primary sulfonamides is 1. The molecule has 0 aliphatic heterocycles. The summed E-state index contributed by atoms with van der Waals surface area (Å²) in [7, 11) is 0.440. The van der Waals surface area contributed by atoms with Crippen molar-refractivity contribution in [2.45, 2.75) is 4.90 Å². The molecule has 33 heavy (non-hydrogen) atoms. The van der Waals surface area contributed by atoms with E-state index in [0.29, 0.717) is 45.0 Å². The zero-order valence-electron chi connectivity index (χ0n) is 18.2. The minimum absolute atomic E-state index is 0.0439. The summed E-state index contributed by atoms with van der Waals surface area (Å²) in [5, 5.41) is 6.09. The van der Waals surface area contributed by atoms with Crippen molar-refractivity contribution in [3.63, 3.8) is 0 Å². The summed E-state index contributed by atoms with van der Waals surface area (Å²) in [6.45, 7) is 0. The number of carbonyl (C=O) groups is 1. The van der Waals surface area contributed by atoms with Gasteiger partial charge in [0.15, 0.2) is 17.3 Å². The lowest BCUT2D eigenvalue weighted by Crippen LogP contribution is -2.15. The van der Waals surface area contributed by atoms with Crippen LogP contribution in [0.1, 0.15) is 15.9 Å². The van der Waals surface area contributed by atoms with E-state index in [9.17, 15) is 13.2 Å². The van der Waals surface area contributed by atoms with Gasteiger partial charge in [0.25, 0.3) is 0 Å². The van der Waals surface area contributed by atoms with Crippen molar-refractivity contribution >= 4 is 26.7 Å². The van der Waals surface area contributed by atoms with Gasteiger partial charge in [-0.2, -0.15) is 0 Å². The van der Waals surface area contributed by atoms with Crippen molar-refractivity contribution in [2.75, 3.05) is 21.3 Å². The Morgan fingerprint density at radius 2 is 1.48 bits per heavy atom. The fourth-order valence-electron chi connectivity index (χ4n) is 3.82. The highest BCUT2D eigenvalue weighted by atomic mass is 32.2. The summed E-state index contributed by atoms with van der Waals surface area (Å²) in [4.78, 5) is 13.6. The van der Waals surface area contributed by atoms with Gasteiger partial charge in [-0.1, -0.05) is 30.3 Å². The van der Waals surface area contributed by atoms with E-state index >= 15 is 0 Å². The fourth-order valence-corrected chi connectivity index (χ4v) is 4.55. The summed E-state index contributed by atoms with van der Waals surface area (Å²) >= 11 is 0. The number of hydrogen-bond donors (Lipinski definition) is 1. The number of aromatic nitrogens is 1. The lowest BCUT2D eigenvalue weighted by Gasteiger charge is -2.13. The van der Waals surface area contributed by atoms with Crippen molar-refractivity contribution in [3.05, 3.63) is 78.0 Å². The second-order valence-corrected chi connectivity index (χ2v) is 8.72. The van der Waals surface area contributed by atoms with E-state index < -0.39 is 10.0 Å². The zero-order valence-corrected chi connectivity index (χ0v) is 19.0. The Kier molecular flexibility index (Phi) is 5.84. The fraction of sp³-hybridized carbons (Fsp3) is 0.125. The zero-order chi connectivity index (χ0) is 23.8. The van der Waals surface area contributed by atoms with Crippen molar-refractivity contribution in [1.29, 1.82) is 0 Å². The van der Waals surface area contributed by atoms with Crippen LogP contribution < -0.4 is 19.3 Å². The van der Waals surface area contributed by atoms with E-state index in [1.807, 2.05) is 12.1 Å². The third-order valence-corrected chi connectivity index (χ3v) is 6.27. The summed E-state index contributed by atoms with van der Waals surface area (Å²) in [6.07, 6.45) is 1.61. The van der Waals surface area contributed by atoms with E-state index in [2.05, 4.69) is 0 Å². The number of methoxy groups -OCH3 is 3. The van der Waals surface area contributed by atoms with Crippen molar-refractivity contribution in [1.82, 2.24) is 4.57 Å². The Balaban J connectivity index is 1.95. The first kappa shape index (κ1) is 22.4. The van der Waals surface area contributed by atoms with E-state index in [1.165, 1.54) is 27.4 Å². The van der Waals surface area contributed by atoms with Gasteiger partial charge in [-0.25, -0.2) is 13.6 Å². The number of benzene rings is 3. The number of nitrogens with two attached hydrogens (primary N) is 1. The Bertz CT molecular complexity index is 1450. The molecule has 1 heterocycles. The number of ether oxygens (including phenoxy) is 3. The van der Waals surface area contributed by atoms with Crippen LogP contribution in [0.25, 0.3) is 16.6 Å². The van der Waals surface area contributed by atoms with Gasteiger partial charge in [0.2, 0.25) is 15.8 Å². The van der Waals surface area contributed by atoms with E-state index in [-0.39, 0.29) is 10.7 Å². The second kappa shape index (κ2) is 8.61. The molecule has 0 radical (unpaired) electrons. The number of nitrogens with zero attached hydrogens (tertiary/aromatic N) is 1. The molecule has 0 aliphatic carbocycles. The molecule has 0 bridgehead atoms. The molecule has 1 aromatic heterocycles. The number of sulfonamides is 1. The summed E-state index contributed by atoms with van der Waals surface area (Å²) in [5.41, 5.74) is 1.71. The monoisotopic (exact) mass is 466 g/mol. The number of hydrogen-bond acceptors (Lipinski definition) is 6. The molecule has 170 valence electrons. The first-order valence-electron chi connectivity index (χ1n) is 9.87. The number of rotatable bonds is 7. The second-order valence-electron chi connectivity index (χ2n) is 7.19. The molecule has 2 N–H and O–H groups in total. The first-order valence-corrected chi connectivity index (χ1v) is 11.4. The molecular weight excluding hydrogens is 444 g/mol. The lowest BCUT2D eigenvalue weighted by atomic mass is 10.0. The van der Waals surface area contributed by atoms with Crippen LogP contribution in [0.4, 0.5) is 0 Å². The molecule has 8 nitrogen and oxygen atoms in total. The first-order chi connectivity index (χ1) is 15.8. The van der Waals surface area contributed by atoms with Crippen LogP contribution in [0.15, 0.2) is 71.8 Å². The highest BCUT2D eigenvalue weighted by Gasteiger charge is 2.23. The molecule has 0 unspecified atom stereocenters. The van der Waals surface area contributed by atoms with Gasteiger partial charge >= 0.3 is 0 Å². The van der Waals surface area contributed by atoms with Crippen LogP contribution in [0.2, 0.25) is 0 Å². The molecule has 3 aromatic carbocycles. The highest BCUT2D eigenvalue weighted by Crippen LogP contribution is 2.39. The molecule has 4 aromatic rings. The minimum atomic E-state index is -3.99. The Hall–Kier alpha value is -3.82. The van der Waals surface area contributed by atoms with Gasteiger partial charge in [-0.15, -0.1) is 0 Å². The van der Waals surface area contributed by atoms with Gasteiger partial charge < -0.3 is 18.8 Å². The van der Waals surface area contributed by atoms with Crippen LogP contribution in [0.3, 0.4) is 0 Å². The average molecular weight is 467 g/mol. The summed E-state index contributed by atoms with van der Waals surface area (Å²) in [6, 6.07) is 16.8. The van der Waals surface area contributed by atoms with Gasteiger partial charge in [0, 0.05) is 22.7 Å². The van der Waals surface area contributed by atoms with Crippen LogP contribution in [-0.4, -0.2) is 40.1 Å². The Morgan fingerprint density at radius 1 is 0.879 bits per heavy atom. The molecule has 0 fully saturated rings. The number of para-hydroxylation sites is 2. The van der Waals surface area contributed by atoms with Crippen molar-refractivity contribution in [2.24, 2.45) is 5.14 Å². The van der Waals surface area contributed by atoms with Gasteiger partial charge in [-0.3, -0.25) is 4.79 Å². The maximum atomic E-state index is 13.6. The third kappa shape index (κ3) is 3.92. The van der Waals surface area contributed by atoms with Crippen LogP contribution in [-0.2, 0) is 10.0 Å². The van der Waals surface area contributed by atoms with E-state index in [0.717, 1.165) is 0 Å². The molecule has 0 saturated carbocycles. The van der Waals surface area contributed by atoms with Gasteiger partial charge in [0.1, 0.15) is 4.90 Å². The third-order valence-electron chi connectivity index (χ3n) is 5.31. The normalized spacial score (nSPS) is 11.4. The van der Waals surface area contributed by atoms with Crippen LogP contribution >= 0.6 is 0 Å².